The van der Waals surface area contributed by atoms with Gasteiger partial charge in [-0.3, -0.25) is 0 Å². The van der Waals surface area contributed by atoms with Gasteiger partial charge in [-0.1, -0.05) is 23.2 Å². The summed E-state index contributed by atoms with van der Waals surface area (Å²) in [5.74, 6) is -2.22. The first-order valence-corrected chi connectivity index (χ1v) is 5.68. The molecule has 0 unspecified atom stereocenters. The molecule has 1 N–H and O–H groups in total. The molecule has 6 heteroatoms. The molecule has 4 nitrogen and oxygen atoms in total. The van der Waals surface area contributed by atoms with Crippen LogP contribution in [0, 0.1) is 12.7 Å². The van der Waals surface area contributed by atoms with E-state index >= 15 is 0 Å². The number of ether oxygens (including phenoxy) is 1. The molecule has 0 spiro atoms. The Morgan fingerprint density at radius 1 is 1.42 bits per heavy atom. The summed E-state index contributed by atoms with van der Waals surface area (Å²) in [7, 11) is 0. The van der Waals surface area contributed by atoms with Gasteiger partial charge in [-0.2, -0.15) is 0 Å². The molecule has 2 aromatic rings. The van der Waals surface area contributed by atoms with E-state index < -0.39 is 11.8 Å². The second-order valence-corrected chi connectivity index (χ2v) is 4.28. The van der Waals surface area contributed by atoms with Gasteiger partial charge in [-0.05, 0) is 25.1 Å². The van der Waals surface area contributed by atoms with Crippen molar-refractivity contribution in [2.45, 2.75) is 6.92 Å². The summed E-state index contributed by atoms with van der Waals surface area (Å²) < 4.78 is 18.7. The summed E-state index contributed by atoms with van der Waals surface area (Å²) >= 11 is 5.57. The minimum Gasteiger partial charge on any atom is -0.478 e. The van der Waals surface area contributed by atoms with E-state index in [9.17, 15) is 9.18 Å². The molecule has 0 aliphatic heterocycles. The van der Waals surface area contributed by atoms with Crippen molar-refractivity contribution in [1.82, 2.24) is 4.98 Å². The summed E-state index contributed by atoms with van der Waals surface area (Å²) in [4.78, 5) is 14.8. The minimum absolute atomic E-state index is 0.0202. The molecule has 0 bridgehead atoms. The first kappa shape index (κ1) is 13.3. The lowest BCUT2D eigenvalue weighted by molar-refractivity contribution is 0.0694. The van der Waals surface area contributed by atoms with Crippen LogP contribution in [0.15, 0.2) is 30.5 Å². The van der Waals surface area contributed by atoms with Crippen molar-refractivity contribution in [2.24, 2.45) is 0 Å². The highest BCUT2D eigenvalue weighted by Gasteiger charge is 2.15. The van der Waals surface area contributed by atoms with Gasteiger partial charge >= 0.3 is 5.97 Å². The third kappa shape index (κ3) is 3.00. The van der Waals surface area contributed by atoms with E-state index in [0.29, 0.717) is 0 Å². The predicted molar refractivity (Wildman–Crippen MR) is 67.4 cm³/mol. The van der Waals surface area contributed by atoms with Crippen molar-refractivity contribution in [3.8, 4) is 11.6 Å². The van der Waals surface area contributed by atoms with Crippen molar-refractivity contribution in [2.75, 3.05) is 0 Å². The molecule has 1 aromatic carbocycles. The number of hydrogen-bond donors (Lipinski definition) is 1. The van der Waals surface area contributed by atoms with Gasteiger partial charge in [0, 0.05) is 6.20 Å². The zero-order chi connectivity index (χ0) is 14.0. The van der Waals surface area contributed by atoms with Crippen LogP contribution in [0.3, 0.4) is 0 Å². The van der Waals surface area contributed by atoms with Crippen LogP contribution < -0.4 is 4.74 Å². The van der Waals surface area contributed by atoms with Gasteiger partial charge in [0.1, 0.15) is 11.3 Å². The molecule has 0 radical (unpaired) electrons. The number of pyridine rings is 1. The highest BCUT2D eigenvalue weighted by atomic mass is 35.5. The maximum atomic E-state index is 13.5. The lowest BCUT2D eigenvalue weighted by Crippen LogP contribution is -2.02. The highest BCUT2D eigenvalue weighted by molar-refractivity contribution is 6.30. The molecule has 1 aromatic heterocycles. The van der Waals surface area contributed by atoms with Crippen LogP contribution in [-0.2, 0) is 0 Å². The summed E-state index contributed by atoms with van der Waals surface area (Å²) in [5.41, 5.74) is 0.699. The molecule has 98 valence electrons. The van der Waals surface area contributed by atoms with Crippen LogP contribution in [-0.4, -0.2) is 16.1 Å². The highest BCUT2D eigenvalue weighted by Crippen LogP contribution is 2.27. The van der Waals surface area contributed by atoms with E-state index in [4.69, 9.17) is 21.4 Å². The second-order valence-electron chi connectivity index (χ2n) is 3.85. The Morgan fingerprint density at radius 3 is 2.79 bits per heavy atom. The largest absolute Gasteiger partial charge is 0.478 e. The van der Waals surface area contributed by atoms with Crippen LogP contribution in [0.5, 0.6) is 11.6 Å². The van der Waals surface area contributed by atoms with Crippen LogP contribution in [0.4, 0.5) is 4.39 Å². The lowest BCUT2D eigenvalue weighted by Gasteiger charge is -2.09. The van der Waals surface area contributed by atoms with Gasteiger partial charge in [0.25, 0.3) is 5.88 Å². The summed E-state index contributed by atoms with van der Waals surface area (Å²) in [6, 6.07) is 5.59. The van der Waals surface area contributed by atoms with E-state index in [0.717, 1.165) is 11.6 Å². The maximum Gasteiger partial charge on any atom is 0.339 e. The fraction of sp³-hybridized carbons (Fsp3) is 0.0769. The number of carboxylic acids is 1. The molecule has 0 amide bonds. The summed E-state index contributed by atoms with van der Waals surface area (Å²) in [6.07, 6.45) is 1.22. The zero-order valence-corrected chi connectivity index (χ0v) is 10.6. The van der Waals surface area contributed by atoms with E-state index in [-0.39, 0.29) is 22.2 Å². The monoisotopic (exact) mass is 281 g/mol. The fourth-order valence-corrected chi connectivity index (χ4v) is 1.63. The standard InChI is InChI=1S/C13H9ClFNO3/c1-7-2-3-11(9(4-7)13(17)18)19-12-10(15)5-8(14)6-16-12/h2-6H,1H3,(H,17,18). The Labute approximate surface area is 113 Å². The van der Waals surface area contributed by atoms with Crippen molar-refractivity contribution in [3.63, 3.8) is 0 Å². The molecule has 0 atom stereocenters. The first-order valence-electron chi connectivity index (χ1n) is 5.30. The van der Waals surface area contributed by atoms with Gasteiger partial charge in [0.05, 0.1) is 5.02 Å². The molecule has 1 heterocycles. The Bertz CT molecular complexity index is 646. The van der Waals surface area contributed by atoms with Crippen LogP contribution in [0.25, 0.3) is 0 Å². The number of rotatable bonds is 3. The Balaban J connectivity index is 2.40. The minimum atomic E-state index is -1.16. The molecule has 0 aliphatic carbocycles. The fourth-order valence-electron chi connectivity index (χ4n) is 1.48. The van der Waals surface area contributed by atoms with Gasteiger partial charge < -0.3 is 9.84 Å². The van der Waals surface area contributed by atoms with Gasteiger partial charge in [-0.25, -0.2) is 14.2 Å². The number of benzene rings is 1. The Morgan fingerprint density at radius 2 is 2.16 bits per heavy atom. The molecular weight excluding hydrogens is 273 g/mol. The average molecular weight is 282 g/mol. The van der Waals surface area contributed by atoms with E-state index in [1.807, 2.05) is 0 Å². The number of aromatic nitrogens is 1. The molecule has 0 aliphatic rings. The lowest BCUT2D eigenvalue weighted by atomic mass is 10.1. The average Bonchev–Trinajstić information content (AvgIpc) is 2.34. The smallest absolute Gasteiger partial charge is 0.339 e. The van der Waals surface area contributed by atoms with Crippen molar-refractivity contribution in [1.29, 1.82) is 0 Å². The van der Waals surface area contributed by atoms with Gasteiger partial charge in [0.15, 0.2) is 5.82 Å². The number of aromatic carboxylic acids is 1. The van der Waals surface area contributed by atoms with Crippen molar-refractivity contribution in [3.05, 3.63) is 52.4 Å². The van der Waals surface area contributed by atoms with Crippen LogP contribution >= 0.6 is 11.6 Å². The van der Waals surface area contributed by atoms with E-state index in [2.05, 4.69) is 4.98 Å². The van der Waals surface area contributed by atoms with Gasteiger partial charge in [0.2, 0.25) is 0 Å². The molecule has 2 rings (SSSR count). The second kappa shape index (κ2) is 5.24. The predicted octanol–water partition coefficient (Wildman–Crippen LogP) is 3.67. The number of halogens is 2. The number of carbonyl (C=O) groups is 1. The topological polar surface area (TPSA) is 59.4 Å². The normalized spacial score (nSPS) is 10.3. The third-order valence-corrected chi connectivity index (χ3v) is 2.55. The SMILES string of the molecule is Cc1ccc(Oc2ncc(Cl)cc2F)c(C(=O)O)c1. The summed E-state index contributed by atoms with van der Waals surface area (Å²) in [5, 5.41) is 9.20. The summed E-state index contributed by atoms with van der Waals surface area (Å²) in [6.45, 7) is 1.75. The van der Waals surface area contributed by atoms with Crippen molar-refractivity contribution >= 4 is 17.6 Å². The quantitative estimate of drug-likeness (QED) is 0.932. The molecule has 19 heavy (non-hydrogen) atoms. The van der Waals surface area contributed by atoms with Crippen molar-refractivity contribution < 1.29 is 19.0 Å². The molecule has 0 saturated heterocycles. The first-order chi connectivity index (χ1) is 8.97. The maximum absolute atomic E-state index is 13.5. The zero-order valence-electron chi connectivity index (χ0n) is 9.85. The number of aryl methyl sites for hydroxylation is 1. The number of hydrogen-bond acceptors (Lipinski definition) is 3. The molecular formula is C13H9ClFNO3. The number of carboxylic acid groups (broad SMARTS) is 1. The third-order valence-electron chi connectivity index (χ3n) is 2.35. The van der Waals surface area contributed by atoms with Crippen LogP contribution in [0.2, 0.25) is 5.02 Å². The Kier molecular flexibility index (Phi) is 3.66. The van der Waals surface area contributed by atoms with E-state index in [1.54, 1.807) is 13.0 Å². The Hall–Kier alpha value is -2.14. The van der Waals surface area contributed by atoms with Gasteiger partial charge in [-0.15, -0.1) is 0 Å². The van der Waals surface area contributed by atoms with E-state index in [1.165, 1.54) is 18.3 Å². The molecule has 0 fully saturated rings. The molecule has 0 saturated carbocycles. The number of nitrogens with zero attached hydrogens (tertiary/aromatic N) is 1. The van der Waals surface area contributed by atoms with Crippen LogP contribution in [0.1, 0.15) is 15.9 Å².